The van der Waals surface area contributed by atoms with Gasteiger partial charge in [-0.25, -0.2) is 4.79 Å². The highest BCUT2D eigenvalue weighted by Crippen LogP contribution is 2.22. The van der Waals surface area contributed by atoms with Gasteiger partial charge in [0.1, 0.15) is 11.3 Å². The van der Waals surface area contributed by atoms with Crippen molar-refractivity contribution in [2.24, 2.45) is 17.6 Å². The Morgan fingerprint density at radius 2 is 2.00 bits per heavy atom. The molecule has 0 aliphatic carbocycles. The number of hydrogen-bond donors (Lipinski definition) is 4. The lowest BCUT2D eigenvalue weighted by Crippen LogP contribution is -2.30. The summed E-state index contributed by atoms with van der Waals surface area (Å²) in [6, 6.07) is 3.90. The highest BCUT2D eigenvalue weighted by molar-refractivity contribution is 5.96. The second kappa shape index (κ2) is 6.91. The molecule has 0 radical (unpaired) electrons. The molecule has 6 heteroatoms. The van der Waals surface area contributed by atoms with Gasteiger partial charge in [0.15, 0.2) is 0 Å². The zero-order chi connectivity index (χ0) is 15.3. The fraction of sp³-hybridized carbons (Fsp3) is 0.429. The van der Waals surface area contributed by atoms with Crippen LogP contribution in [-0.4, -0.2) is 28.6 Å². The number of anilines is 1. The molecular formula is C14H20N2O4. The van der Waals surface area contributed by atoms with Crippen molar-refractivity contribution in [2.75, 3.05) is 11.9 Å². The molecule has 0 fully saturated rings. The van der Waals surface area contributed by atoms with E-state index in [9.17, 15) is 14.7 Å². The van der Waals surface area contributed by atoms with E-state index in [1.165, 1.54) is 18.2 Å². The molecule has 0 saturated heterocycles. The number of phenols is 1. The Hall–Kier alpha value is -2.08. The van der Waals surface area contributed by atoms with Crippen LogP contribution >= 0.6 is 0 Å². The first-order valence-corrected chi connectivity index (χ1v) is 6.42. The van der Waals surface area contributed by atoms with Crippen molar-refractivity contribution in [1.29, 1.82) is 0 Å². The smallest absolute Gasteiger partial charge is 0.339 e. The molecule has 5 N–H and O–H groups in total. The van der Waals surface area contributed by atoms with Gasteiger partial charge in [0, 0.05) is 12.2 Å². The second-order valence-corrected chi connectivity index (χ2v) is 5.09. The highest BCUT2D eigenvalue weighted by atomic mass is 16.4. The Kier molecular flexibility index (Phi) is 5.52. The Balaban J connectivity index is 2.84. The average molecular weight is 280 g/mol. The summed E-state index contributed by atoms with van der Waals surface area (Å²) in [6.45, 7) is 4.23. The third kappa shape index (κ3) is 4.24. The van der Waals surface area contributed by atoms with Crippen molar-refractivity contribution >= 4 is 17.6 Å². The molecular weight excluding hydrogens is 260 g/mol. The molecule has 1 rings (SSSR count). The average Bonchev–Trinajstić information content (AvgIpc) is 2.37. The first-order valence-electron chi connectivity index (χ1n) is 6.42. The molecule has 1 atom stereocenters. The zero-order valence-corrected chi connectivity index (χ0v) is 11.6. The first kappa shape index (κ1) is 16.0. The number of nitrogens with one attached hydrogen (secondary N) is 1. The monoisotopic (exact) mass is 280 g/mol. The van der Waals surface area contributed by atoms with Crippen molar-refractivity contribution < 1.29 is 19.8 Å². The first-order chi connectivity index (χ1) is 9.35. The van der Waals surface area contributed by atoms with Crippen molar-refractivity contribution in [2.45, 2.75) is 20.3 Å². The summed E-state index contributed by atoms with van der Waals surface area (Å²) in [6.07, 6.45) is 0.659. The van der Waals surface area contributed by atoms with Gasteiger partial charge in [-0.15, -0.1) is 0 Å². The predicted molar refractivity (Wildman–Crippen MR) is 75.7 cm³/mol. The standard InChI is InChI=1S/C14H20N2O4/c1-8(2)5-9(7-15)13(18)16-10-3-4-12(17)11(6-10)14(19)20/h3-4,6,8-9,17H,5,7,15H2,1-2H3,(H,16,18)(H,19,20). The Bertz CT molecular complexity index is 500. The maximum Gasteiger partial charge on any atom is 0.339 e. The van der Waals surface area contributed by atoms with E-state index in [2.05, 4.69) is 5.32 Å². The molecule has 6 nitrogen and oxygen atoms in total. The van der Waals surface area contributed by atoms with Crippen molar-refractivity contribution in [3.05, 3.63) is 23.8 Å². The summed E-state index contributed by atoms with van der Waals surface area (Å²) in [5.74, 6) is -1.83. The van der Waals surface area contributed by atoms with Gasteiger partial charge in [0.25, 0.3) is 0 Å². The minimum atomic E-state index is -1.25. The van der Waals surface area contributed by atoms with E-state index in [1.807, 2.05) is 13.8 Å². The maximum atomic E-state index is 12.0. The SMILES string of the molecule is CC(C)CC(CN)C(=O)Nc1ccc(O)c(C(=O)O)c1. The molecule has 0 heterocycles. The van der Waals surface area contributed by atoms with Gasteiger partial charge in [-0.1, -0.05) is 13.8 Å². The number of aromatic carboxylic acids is 1. The number of benzene rings is 1. The van der Waals surface area contributed by atoms with Crippen LogP contribution in [-0.2, 0) is 4.79 Å². The van der Waals surface area contributed by atoms with Gasteiger partial charge in [-0.2, -0.15) is 0 Å². The summed E-state index contributed by atoms with van der Waals surface area (Å²) in [5.41, 5.74) is 5.66. The van der Waals surface area contributed by atoms with Crippen molar-refractivity contribution in [3.8, 4) is 5.75 Å². The van der Waals surface area contributed by atoms with Gasteiger partial charge in [0.05, 0.1) is 5.92 Å². The van der Waals surface area contributed by atoms with Gasteiger partial charge in [-0.05, 0) is 30.5 Å². The number of aromatic hydroxyl groups is 1. The number of carboxylic acid groups (broad SMARTS) is 1. The summed E-state index contributed by atoms with van der Waals surface area (Å²) >= 11 is 0. The third-order valence-electron chi connectivity index (χ3n) is 2.91. The van der Waals surface area contributed by atoms with Gasteiger partial charge < -0.3 is 21.3 Å². The Morgan fingerprint density at radius 1 is 1.35 bits per heavy atom. The van der Waals surface area contributed by atoms with Gasteiger partial charge in [0.2, 0.25) is 5.91 Å². The van der Waals surface area contributed by atoms with Crippen LogP contribution < -0.4 is 11.1 Å². The van der Waals surface area contributed by atoms with Gasteiger partial charge >= 0.3 is 5.97 Å². The van der Waals surface area contributed by atoms with Crippen LogP contribution in [0.5, 0.6) is 5.75 Å². The van der Waals surface area contributed by atoms with Crippen LogP contribution in [0.1, 0.15) is 30.6 Å². The quantitative estimate of drug-likeness (QED) is 0.592. The van der Waals surface area contributed by atoms with Crippen LogP contribution in [0.3, 0.4) is 0 Å². The number of amides is 1. The lowest BCUT2D eigenvalue weighted by Gasteiger charge is -2.17. The van der Waals surface area contributed by atoms with E-state index in [1.54, 1.807) is 0 Å². The molecule has 0 aliphatic heterocycles. The van der Waals surface area contributed by atoms with E-state index >= 15 is 0 Å². The second-order valence-electron chi connectivity index (χ2n) is 5.09. The zero-order valence-electron chi connectivity index (χ0n) is 11.6. The number of carbonyl (C=O) groups is 2. The molecule has 0 bridgehead atoms. The van der Waals surface area contributed by atoms with Crippen LogP contribution in [0.4, 0.5) is 5.69 Å². The molecule has 0 spiro atoms. The molecule has 1 unspecified atom stereocenters. The summed E-state index contributed by atoms with van der Waals surface area (Å²) in [7, 11) is 0. The fourth-order valence-electron chi connectivity index (χ4n) is 1.91. The number of hydrogen-bond acceptors (Lipinski definition) is 4. The van der Waals surface area contributed by atoms with E-state index in [0.717, 1.165) is 0 Å². The minimum Gasteiger partial charge on any atom is -0.507 e. The number of carbonyl (C=O) groups excluding carboxylic acids is 1. The molecule has 0 aliphatic rings. The topological polar surface area (TPSA) is 113 Å². The number of nitrogens with two attached hydrogens (primary N) is 1. The van der Waals surface area contributed by atoms with E-state index in [4.69, 9.17) is 10.8 Å². The summed E-state index contributed by atoms with van der Waals surface area (Å²) in [4.78, 5) is 22.9. The largest absolute Gasteiger partial charge is 0.507 e. The number of rotatable bonds is 6. The van der Waals surface area contributed by atoms with Crippen LogP contribution in [0.25, 0.3) is 0 Å². The molecule has 1 aromatic rings. The maximum absolute atomic E-state index is 12.0. The fourth-order valence-corrected chi connectivity index (χ4v) is 1.91. The molecule has 0 saturated carbocycles. The highest BCUT2D eigenvalue weighted by Gasteiger charge is 2.19. The third-order valence-corrected chi connectivity index (χ3v) is 2.91. The van der Waals surface area contributed by atoms with Crippen molar-refractivity contribution in [1.82, 2.24) is 0 Å². The predicted octanol–water partition coefficient (Wildman–Crippen LogP) is 1.65. The molecule has 20 heavy (non-hydrogen) atoms. The van der Waals surface area contributed by atoms with Crippen LogP contribution in [0.2, 0.25) is 0 Å². The normalized spacial score (nSPS) is 12.2. The molecule has 0 aromatic heterocycles. The summed E-state index contributed by atoms with van der Waals surface area (Å²) < 4.78 is 0. The van der Waals surface area contributed by atoms with E-state index < -0.39 is 5.97 Å². The van der Waals surface area contributed by atoms with E-state index in [0.29, 0.717) is 18.0 Å². The van der Waals surface area contributed by atoms with Crippen LogP contribution in [0.15, 0.2) is 18.2 Å². The Labute approximate surface area is 117 Å². The summed E-state index contributed by atoms with van der Waals surface area (Å²) in [5, 5.41) is 20.9. The van der Waals surface area contributed by atoms with Crippen LogP contribution in [0, 0.1) is 11.8 Å². The van der Waals surface area contributed by atoms with E-state index in [-0.39, 0.29) is 29.7 Å². The minimum absolute atomic E-state index is 0.230. The molecule has 1 aromatic carbocycles. The number of carboxylic acids is 1. The molecule has 1 amide bonds. The van der Waals surface area contributed by atoms with Gasteiger partial charge in [-0.3, -0.25) is 4.79 Å². The Morgan fingerprint density at radius 3 is 2.50 bits per heavy atom. The molecule has 110 valence electrons. The lowest BCUT2D eigenvalue weighted by molar-refractivity contribution is -0.120. The van der Waals surface area contributed by atoms with Crippen molar-refractivity contribution in [3.63, 3.8) is 0 Å². The lowest BCUT2D eigenvalue weighted by atomic mass is 9.96.